The molecule has 0 heterocycles. The van der Waals surface area contributed by atoms with Crippen LogP contribution in [0.25, 0.3) is 0 Å². The predicted octanol–water partition coefficient (Wildman–Crippen LogP) is 22.8. The van der Waals surface area contributed by atoms with E-state index in [9.17, 15) is 71.5 Å². The number of aliphatic hydroxyl groups is 7. The topological polar surface area (TPSA) is 283 Å². The molecule has 14 unspecified atom stereocenters. The highest BCUT2D eigenvalue weighted by Gasteiger charge is 2.29. The van der Waals surface area contributed by atoms with Crippen LogP contribution in [0, 0.1) is 69.2 Å². The minimum absolute atomic E-state index is 0.0106. The summed E-state index contributed by atoms with van der Waals surface area (Å²) in [6, 6.07) is 83.4. The molecule has 0 aliphatic carbocycles. The van der Waals surface area contributed by atoms with Gasteiger partial charge in [-0.1, -0.05) is 383 Å². The zero-order valence-electron chi connectivity index (χ0n) is 90.1. The van der Waals surface area contributed by atoms with E-state index in [1.165, 1.54) is 11.1 Å². The van der Waals surface area contributed by atoms with Crippen molar-refractivity contribution in [2.45, 2.75) is 265 Å². The number of phenolic OH excluding ortho intramolecular Hbond substituents is 7. The van der Waals surface area contributed by atoms with Crippen LogP contribution in [0.5, 0.6) is 40.2 Å². The van der Waals surface area contributed by atoms with Gasteiger partial charge in [0.1, 0.15) is 40.2 Å². The number of aliphatic hydroxyl groups excluding tert-OH is 7. The average Bonchev–Trinajstić information content (AvgIpc) is 0.664. The highest BCUT2D eigenvalue weighted by atomic mass is 31.1. The Hall–Kier alpha value is -9.59. The predicted molar refractivity (Wildman–Crippen MR) is 632 cm³/mol. The van der Waals surface area contributed by atoms with Crippen LogP contribution >= 0.6 is 60.1 Å². The first-order valence-electron chi connectivity index (χ1n) is 49.3. The minimum Gasteiger partial charge on any atom is -0.507 e. The number of hydrogen-bond donors (Lipinski definition) is 14. The van der Waals surface area contributed by atoms with Crippen molar-refractivity contribution in [3.05, 3.63) is 372 Å². The first-order valence-corrected chi connectivity index (χ1v) is 56.3. The third-order valence-electron chi connectivity index (χ3n) is 24.5. The molecule has 21 heteroatoms. The lowest BCUT2D eigenvalue weighted by molar-refractivity contribution is 0.200. The Labute approximate surface area is 876 Å². The van der Waals surface area contributed by atoms with Gasteiger partial charge in [-0.2, -0.15) is 0 Å². The van der Waals surface area contributed by atoms with E-state index in [1.54, 1.807) is 60.6 Å². The monoisotopic (exact) mass is 2090 g/mol. The van der Waals surface area contributed by atoms with Crippen molar-refractivity contribution in [2.75, 3.05) is 0 Å². The Morgan fingerprint density at radius 3 is 0.786 bits per heavy atom. The van der Waals surface area contributed by atoms with Crippen molar-refractivity contribution in [1.82, 2.24) is 0 Å². The summed E-state index contributed by atoms with van der Waals surface area (Å²) in [6.45, 7) is 58.2. The molecule has 0 aromatic heterocycles. The summed E-state index contributed by atoms with van der Waals surface area (Å²) >= 11 is 0. The Bertz CT molecular complexity index is 6580. The van der Waals surface area contributed by atoms with Crippen LogP contribution in [0.3, 0.4) is 0 Å². The maximum atomic E-state index is 10.9. The Kier molecular flexibility index (Phi) is 45.0. The van der Waals surface area contributed by atoms with E-state index in [0.717, 1.165) is 180 Å². The largest absolute Gasteiger partial charge is 0.507 e. The van der Waals surface area contributed by atoms with Crippen molar-refractivity contribution in [1.29, 1.82) is 0 Å². The SMILES string of the molecule is CC(O)c1ccccc1Pc1cc(C(C)(C)C)cc(C(C)(C)C)c1O.Cc1cc(C(C)(C)C)cc(Pc2ccccc2C(C)O)c1O.Cc1cc(C)c(O)c(Pc2ccc(C)cc2C(C)O)c1.Cc1cc(Pc2ccccc2C(C)O)c(O)c(C(C)(C)C)c1.Cc1ccc(O)c(Pc2ccc(C)cc2C(C)O)c1.Cc1ccc(Pc2cccc(C)c2O)c(C(C)O)c1.Cc1ccc(Pc2ccccc2O)c(C(C)O)c1. The van der Waals surface area contributed by atoms with Gasteiger partial charge in [0.05, 0.1) is 42.7 Å². The number of para-hydroxylation sites is 2. The smallest absolute Gasteiger partial charge is 0.127 e. The summed E-state index contributed by atoms with van der Waals surface area (Å²) < 4.78 is 0. The molecule has 0 aliphatic rings. The molecule has 14 atom stereocenters. The molecule has 0 spiro atoms. The van der Waals surface area contributed by atoms with Crippen molar-refractivity contribution in [3.8, 4) is 40.2 Å². The lowest BCUT2D eigenvalue weighted by Gasteiger charge is -2.27. The lowest BCUT2D eigenvalue weighted by Crippen LogP contribution is -2.21. The highest BCUT2D eigenvalue weighted by Crippen LogP contribution is 2.41. The number of phenols is 7. The van der Waals surface area contributed by atoms with Gasteiger partial charge in [0, 0.05) is 48.3 Å². The van der Waals surface area contributed by atoms with Crippen molar-refractivity contribution >= 4 is 134 Å². The second-order valence-corrected chi connectivity index (χ2v) is 51.3. The highest BCUT2D eigenvalue weighted by molar-refractivity contribution is 7.58. The van der Waals surface area contributed by atoms with Crippen LogP contribution in [0.2, 0.25) is 0 Å². The minimum atomic E-state index is -0.515. The zero-order valence-corrected chi connectivity index (χ0v) is 97.1. The molecule has 14 nitrogen and oxygen atoms in total. The Morgan fingerprint density at radius 2 is 0.428 bits per heavy atom. The van der Waals surface area contributed by atoms with Gasteiger partial charge in [-0.05, 0) is 297 Å². The standard InChI is InChI=1S/C22H31O2P.2C19H25O2P.C17H21O2P.2C16H19O2P.C15H17O2P/c1-14(23)16-10-8-9-11-18(16)25-19-13-15(21(2,3)4)12-17(20(19)24)22(5,6)7;1-12-10-14(19(3,4)5)11-17(18(12)21)22-16-9-7-6-8-15(16)13(2)20;1-12-10-15(19(3,4)5)18(21)17(11-12)22-16-9-7-6-8-14(16)13(2)20;1-10-5-6-15(14(8-10)13(4)18)20-16-9-11(2)7-12(3)17(16)19;1-10-5-7-15(13(8-10)12(3)17)19-16-9-11(2)4-6-14(16)18;1-10-7-8-14(13(9-10)12(3)17)19-15-6-4-5-11(2)16(15)18;1-10-7-8-14(12(9-10)11(2)16)18-15-6-4-3-5-13(15)17/h8-14,23-25H,1-7H3;2*6-11,13,20-22H,1-5H3;5-9,13,18-20H,1-4H3;2*4-9,12,17-19H,1-3H3;3-9,11,16-18H,1-2H3. The summed E-state index contributed by atoms with van der Waals surface area (Å²) in [6.07, 6.45) is -3.48. The van der Waals surface area contributed by atoms with E-state index < -0.39 is 42.7 Å². The second kappa shape index (κ2) is 54.0. The van der Waals surface area contributed by atoms with Crippen molar-refractivity contribution in [3.63, 3.8) is 0 Å². The van der Waals surface area contributed by atoms with Gasteiger partial charge in [-0.15, -0.1) is 0 Å². The van der Waals surface area contributed by atoms with Gasteiger partial charge >= 0.3 is 0 Å². The average molecular weight is 2090 g/mol. The van der Waals surface area contributed by atoms with Gasteiger partial charge in [-0.25, -0.2) is 0 Å². The number of aryl methyl sites for hydroxylation is 10. The van der Waals surface area contributed by atoms with Crippen LogP contribution in [0.1, 0.15) is 291 Å². The molecule has 145 heavy (non-hydrogen) atoms. The molecule has 0 saturated carbocycles. The fourth-order valence-electron chi connectivity index (χ4n) is 16.1. The number of aromatic hydroxyl groups is 7. The van der Waals surface area contributed by atoms with Crippen LogP contribution in [-0.2, 0) is 21.7 Å². The molecule has 14 aromatic carbocycles. The maximum Gasteiger partial charge on any atom is 0.127 e. The third kappa shape index (κ3) is 35.6. The summed E-state index contributed by atoms with van der Waals surface area (Å²) in [5.41, 5.74) is 21.5. The summed E-state index contributed by atoms with van der Waals surface area (Å²) in [5, 5.41) is 156. The molecule has 772 valence electrons. The van der Waals surface area contributed by atoms with Gasteiger partial charge < -0.3 is 71.5 Å². The van der Waals surface area contributed by atoms with E-state index in [1.807, 2.05) is 275 Å². The number of hydrogen-bond acceptors (Lipinski definition) is 14. The molecule has 14 aromatic rings. The van der Waals surface area contributed by atoms with E-state index in [2.05, 4.69) is 120 Å². The number of rotatable bonds is 21. The summed E-state index contributed by atoms with van der Waals surface area (Å²) in [5.74, 6) is 2.50. The molecule has 14 rings (SSSR count). The quantitative estimate of drug-likeness (QED) is 0.0298. The Morgan fingerprint density at radius 1 is 0.179 bits per heavy atom. The van der Waals surface area contributed by atoms with E-state index >= 15 is 0 Å². The fraction of sp³-hybridized carbons (Fsp3) is 0.323. The molecule has 0 bridgehead atoms. The van der Waals surface area contributed by atoms with Crippen LogP contribution in [-0.4, -0.2) is 71.5 Å². The van der Waals surface area contributed by atoms with Crippen molar-refractivity contribution in [2.24, 2.45) is 0 Å². The van der Waals surface area contributed by atoms with E-state index in [0.29, 0.717) is 100 Å². The molecular weight excluding hydrogens is 1930 g/mol. The van der Waals surface area contributed by atoms with E-state index in [-0.39, 0.29) is 21.7 Å². The van der Waals surface area contributed by atoms with Crippen molar-refractivity contribution < 1.29 is 71.5 Å². The summed E-state index contributed by atoms with van der Waals surface area (Å²) in [4.78, 5) is 0. The molecule has 0 amide bonds. The third-order valence-corrected chi connectivity index (χ3v) is 34.2. The van der Waals surface area contributed by atoms with Crippen LogP contribution in [0.4, 0.5) is 0 Å². The van der Waals surface area contributed by atoms with Gasteiger partial charge in [0.25, 0.3) is 0 Å². The Balaban J connectivity index is 0.000000207. The fourth-order valence-corrected chi connectivity index (χ4v) is 26.0. The molecule has 0 saturated heterocycles. The van der Waals surface area contributed by atoms with Crippen LogP contribution < -0.4 is 74.3 Å². The van der Waals surface area contributed by atoms with Crippen LogP contribution in [0.15, 0.2) is 255 Å². The van der Waals surface area contributed by atoms with E-state index in [4.69, 9.17) is 0 Å². The van der Waals surface area contributed by atoms with Gasteiger partial charge in [-0.3, -0.25) is 0 Å². The number of benzene rings is 14. The molecular formula is C124H157O14P7. The molecule has 14 N–H and O–H groups in total. The molecule has 0 fully saturated rings. The van der Waals surface area contributed by atoms with Gasteiger partial charge in [0.2, 0.25) is 0 Å². The first-order chi connectivity index (χ1) is 67.7. The maximum absolute atomic E-state index is 10.9. The second-order valence-electron chi connectivity index (χ2n) is 42.0. The molecule has 0 aliphatic heterocycles. The first kappa shape index (κ1) is 121. The normalized spacial score (nSPS) is 13.5. The lowest BCUT2D eigenvalue weighted by atomic mass is 9.80. The summed E-state index contributed by atoms with van der Waals surface area (Å²) in [7, 11) is 2.37. The zero-order chi connectivity index (χ0) is 108. The molecule has 0 radical (unpaired) electrons. The van der Waals surface area contributed by atoms with Gasteiger partial charge in [0.15, 0.2) is 0 Å².